The van der Waals surface area contributed by atoms with Gasteiger partial charge in [-0.05, 0) is 43.2 Å². The van der Waals surface area contributed by atoms with E-state index >= 15 is 0 Å². The molecule has 9 heteroatoms. The molecule has 1 saturated carbocycles. The van der Waals surface area contributed by atoms with Gasteiger partial charge in [-0.15, -0.1) is 0 Å². The summed E-state index contributed by atoms with van der Waals surface area (Å²) in [6.45, 7) is -0.176. The smallest absolute Gasteiger partial charge is 0.267 e. The summed E-state index contributed by atoms with van der Waals surface area (Å²) >= 11 is 12.7. The Balaban J connectivity index is 1.43. The molecule has 2 aromatic carbocycles. The minimum Gasteiger partial charge on any atom is -0.325 e. The van der Waals surface area contributed by atoms with Crippen molar-refractivity contribution in [3.63, 3.8) is 0 Å². The molecule has 1 N–H and O–H groups in total. The van der Waals surface area contributed by atoms with Gasteiger partial charge in [0.1, 0.15) is 10.9 Å². The van der Waals surface area contributed by atoms with Crippen LogP contribution in [0.3, 0.4) is 0 Å². The predicted octanol–water partition coefficient (Wildman–Crippen LogP) is 5.23. The van der Waals surface area contributed by atoms with Crippen LogP contribution in [0.25, 0.3) is 5.57 Å². The first-order valence-corrected chi connectivity index (χ1v) is 12.8. The minimum absolute atomic E-state index is 0.0901. The van der Waals surface area contributed by atoms with Crippen LogP contribution in [-0.4, -0.2) is 39.5 Å². The molecule has 2 aromatic rings. The number of halogens is 1. The molecule has 5 rings (SSSR count). The maximum atomic E-state index is 13.6. The third-order valence-electron chi connectivity index (χ3n) is 6.32. The number of thiocarbonyl (C=S) groups is 1. The quantitative estimate of drug-likeness (QED) is 0.449. The largest absolute Gasteiger partial charge is 0.325 e. The fourth-order valence-electron chi connectivity index (χ4n) is 4.72. The van der Waals surface area contributed by atoms with Crippen molar-refractivity contribution in [3.05, 3.63) is 64.0 Å². The number of carbonyl (C=O) groups is 3. The van der Waals surface area contributed by atoms with Gasteiger partial charge in [-0.3, -0.25) is 24.2 Å². The van der Waals surface area contributed by atoms with Gasteiger partial charge in [0, 0.05) is 22.3 Å². The number of nitrogens with one attached hydrogen (secondary N) is 1. The summed E-state index contributed by atoms with van der Waals surface area (Å²) in [6.07, 6.45) is 5.18. The van der Waals surface area contributed by atoms with Crippen LogP contribution in [0, 0.1) is 0 Å². The maximum absolute atomic E-state index is 13.6. The number of benzene rings is 2. The highest BCUT2D eigenvalue weighted by Crippen LogP contribution is 2.45. The Morgan fingerprint density at radius 3 is 2.47 bits per heavy atom. The van der Waals surface area contributed by atoms with E-state index in [1.54, 1.807) is 35.2 Å². The lowest BCUT2D eigenvalue weighted by Gasteiger charge is -2.29. The lowest BCUT2D eigenvalue weighted by atomic mass is 9.94. The van der Waals surface area contributed by atoms with Crippen molar-refractivity contribution in [1.82, 2.24) is 4.90 Å². The van der Waals surface area contributed by atoms with E-state index in [0.717, 1.165) is 25.7 Å². The molecule has 1 aliphatic carbocycles. The number of thioether (sulfide) groups is 1. The molecular formula is C25H22ClN3O3S2. The van der Waals surface area contributed by atoms with Crippen molar-refractivity contribution >= 4 is 74.6 Å². The summed E-state index contributed by atoms with van der Waals surface area (Å²) in [7, 11) is 0. The van der Waals surface area contributed by atoms with Crippen LogP contribution in [0.5, 0.6) is 0 Å². The zero-order valence-electron chi connectivity index (χ0n) is 18.3. The van der Waals surface area contributed by atoms with Crippen molar-refractivity contribution in [2.24, 2.45) is 0 Å². The van der Waals surface area contributed by atoms with E-state index in [9.17, 15) is 14.4 Å². The van der Waals surface area contributed by atoms with Crippen molar-refractivity contribution in [2.75, 3.05) is 16.8 Å². The number of nitrogens with zero attached hydrogens (tertiary/aromatic N) is 2. The highest BCUT2D eigenvalue weighted by Gasteiger charge is 2.44. The molecule has 6 nitrogen and oxygen atoms in total. The Morgan fingerprint density at radius 2 is 1.74 bits per heavy atom. The standard InChI is InChI=1S/C25H22ClN3O3S2/c26-15-10-12-16(13-11-15)27-20(30)14-28-19-9-5-4-8-18(19)21(23(28)31)22-24(32)29(25(33)34-22)17-6-2-1-3-7-17/h4-5,8-13,17H,1-3,6-7,14H2,(H,27,30). The third kappa shape index (κ3) is 4.26. The van der Waals surface area contributed by atoms with E-state index in [0.29, 0.717) is 36.8 Å². The van der Waals surface area contributed by atoms with Crippen LogP contribution in [-0.2, 0) is 14.4 Å². The minimum atomic E-state index is -0.364. The zero-order valence-corrected chi connectivity index (χ0v) is 20.6. The molecule has 0 atom stereocenters. The molecule has 2 aliphatic heterocycles. The first-order chi connectivity index (χ1) is 16.4. The van der Waals surface area contributed by atoms with E-state index in [2.05, 4.69) is 5.32 Å². The molecule has 1 saturated heterocycles. The van der Waals surface area contributed by atoms with Gasteiger partial charge in [0.25, 0.3) is 11.8 Å². The lowest BCUT2D eigenvalue weighted by Crippen LogP contribution is -2.40. The average molecular weight is 512 g/mol. The fourth-order valence-corrected chi connectivity index (χ4v) is 6.32. The molecule has 0 spiro atoms. The second kappa shape index (κ2) is 9.52. The molecule has 2 heterocycles. The lowest BCUT2D eigenvalue weighted by molar-refractivity contribution is -0.124. The Hall–Kier alpha value is -2.68. The van der Waals surface area contributed by atoms with Crippen molar-refractivity contribution in [3.8, 4) is 0 Å². The van der Waals surface area contributed by atoms with E-state index in [1.165, 1.54) is 23.1 Å². The summed E-state index contributed by atoms with van der Waals surface area (Å²) < 4.78 is 0.503. The molecule has 0 bridgehead atoms. The average Bonchev–Trinajstić information content (AvgIpc) is 3.28. The third-order valence-corrected chi connectivity index (χ3v) is 7.97. The number of fused-ring (bicyclic) bond motifs is 1. The highest BCUT2D eigenvalue weighted by molar-refractivity contribution is 8.26. The molecule has 0 unspecified atom stereocenters. The number of carbonyl (C=O) groups excluding carboxylic acids is 3. The topological polar surface area (TPSA) is 69.7 Å². The maximum Gasteiger partial charge on any atom is 0.267 e. The number of amides is 3. The van der Waals surface area contributed by atoms with E-state index in [1.807, 2.05) is 18.2 Å². The number of rotatable bonds is 4. The van der Waals surface area contributed by atoms with Crippen LogP contribution >= 0.6 is 35.6 Å². The number of para-hydroxylation sites is 1. The zero-order chi connectivity index (χ0) is 23.8. The van der Waals surface area contributed by atoms with Crippen LogP contribution in [0.15, 0.2) is 53.4 Å². The van der Waals surface area contributed by atoms with Crippen LogP contribution in [0.4, 0.5) is 11.4 Å². The molecule has 0 aromatic heterocycles. The molecule has 0 radical (unpaired) electrons. The van der Waals surface area contributed by atoms with Crippen molar-refractivity contribution in [2.45, 2.75) is 38.1 Å². The number of anilines is 2. The van der Waals surface area contributed by atoms with Crippen LogP contribution in [0.2, 0.25) is 5.02 Å². The first kappa shape index (κ1) is 23.1. The second-order valence-corrected chi connectivity index (χ2v) is 10.6. The fraction of sp³-hybridized carbons (Fsp3) is 0.280. The molecule has 2 fully saturated rings. The summed E-state index contributed by atoms with van der Waals surface area (Å²) in [6, 6.07) is 14.1. The Labute approximate surface area is 212 Å². The number of hydrogen-bond donors (Lipinski definition) is 1. The van der Waals surface area contributed by atoms with Gasteiger partial charge >= 0.3 is 0 Å². The van der Waals surface area contributed by atoms with Gasteiger partial charge in [-0.2, -0.15) is 0 Å². The van der Waals surface area contributed by atoms with Crippen molar-refractivity contribution < 1.29 is 14.4 Å². The molecule has 174 valence electrons. The van der Waals surface area contributed by atoms with Crippen LogP contribution < -0.4 is 10.2 Å². The van der Waals surface area contributed by atoms with Gasteiger partial charge in [0.2, 0.25) is 5.91 Å². The van der Waals surface area contributed by atoms with Gasteiger partial charge in [0.15, 0.2) is 0 Å². The Morgan fingerprint density at radius 1 is 1.03 bits per heavy atom. The highest BCUT2D eigenvalue weighted by atomic mass is 35.5. The molecular weight excluding hydrogens is 490 g/mol. The van der Waals surface area contributed by atoms with E-state index < -0.39 is 0 Å². The van der Waals surface area contributed by atoms with Crippen LogP contribution in [0.1, 0.15) is 37.7 Å². The summed E-state index contributed by atoms with van der Waals surface area (Å²) in [5.41, 5.74) is 2.17. The second-order valence-electron chi connectivity index (χ2n) is 8.50. The monoisotopic (exact) mass is 511 g/mol. The Kier molecular flexibility index (Phi) is 6.46. The summed E-state index contributed by atoms with van der Waals surface area (Å²) in [5, 5.41) is 3.36. The first-order valence-electron chi connectivity index (χ1n) is 11.2. The van der Waals surface area contributed by atoms with Gasteiger partial charge < -0.3 is 5.32 Å². The molecule has 34 heavy (non-hydrogen) atoms. The van der Waals surface area contributed by atoms with Gasteiger partial charge in [-0.25, -0.2) is 0 Å². The normalized spacial score (nSPS) is 20.8. The van der Waals surface area contributed by atoms with Gasteiger partial charge in [-0.1, -0.05) is 73.0 Å². The SMILES string of the molecule is O=C(CN1C(=O)C(=C2SC(=S)N(C3CCCCC3)C2=O)c2ccccc21)Nc1ccc(Cl)cc1. The summed E-state index contributed by atoms with van der Waals surface area (Å²) in [4.78, 5) is 43.2. The van der Waals surface area contributed by atoms with Gasteiger partial charge in [0.05, 0.1) is 16.2 Å². The number of hydrogen-bond acceptors (Lipinski definition) is 5. The molecule has 3 aliphatic rings. The van der Waals surface area contributed by atoms with Crippen molar-refractivity contribution in [1.29, 1.82) is 0 Å². The predicted molar refractivity (Wildman–Crippen MR) is 140 cm³/mol. The summed E-state index contributed by atoms with van der Waals surface area (Å²) in [5.74, 6) is -0.911. The molecule has 3 amide bonds. The van der Waals surface area contributed by atoms with E-state index in [4.69, 9.17) is 23.8 Å². The Bertz CT molecular complexity index is 1220. The van der Waals surface area contributed by atoms with E-state index in [-0.39, 0.29) is 30.3 Å².